The van der Waals surface area contributed by atoms with Crippen LogP contribution < -0.4 is 4.74 Å². The number of nitrogens with zero attached hydrogens (tertiary/aromatic N) is 1. The number of methoxy groups -OCH3 is 1. The maximum absolute atomic E-state index is 5.08. The Kier molecular flexibility index (Phi) is 3.98. The lowest BCUT2D eigenvalue weighted by atomic mass is 9.93. The molecule has 0 fully saturated rings. The lowest BCUT2D eigenvalue weighted by molar-refractivity contribution is 0.397. The van der Waals surface area contributed by atoms with Gasteiger partial charge in [0.05, 0.1) is 7.11 Å². The van der Waals surface area contributed by atoms with Gasteiger partial charge in [-0.3, -0.25) is 0 Å². The first-order valence-corrected chi connectivity index (χ1v) is 6.24. The van der Waals surface area contributed by atoms with Crippen LogP contribution in [0.2, 0.25) is 0 Å². The topological polar surface area (TPSA) is 22.1 Å². The Morgan fingerprint density at radius 2 is 2.11 bits per heavy atom. The van der Waals surface area contributed by atoms with E-state index in [1.165, 1.54) is 16.7 Å². The molecule has 1 aromatic rings. The molecule has 0 radical (unpaired) electrons. The third-order valence-corrected chi connectivity index (χ3v) is 3.28. The summed E-state index contributed by atoms with van der Waals surface area (Å²) in [6.45, 7) is 4.36. The van der Waals surface area contributed by atoms with Crippen LogP contribution in [-0.4, -0.2) is 12.1 Å². The number of aromatic nitrogens is 1. The summed E-state index contributed by atoms with van der Waals surface area (Å²) >= 11 is 0. The van der Waals surface area contributed by atoms with Gasteiger partial charge in [0.15, 0.2) is 0 Å². The fraction of sp³-hybridized carbons (Fsp3) is 0.312. The second-order valence-corrected chi connectivity index (χ2v) is 4.64. The van der Waals surface area contributed by atoms with Crippen LogP contribution in [0.5, 0.6) is 5.88 Å². The van der Waals surface area contributed by atoms with Gasteiger partial charge in [-0.1, -0.05) is 42.9 Å². The molecule has 0 N–H and O–H groups in total. The van der Waals surface area contributed by atoms with Crippen LogP contribution in [0.25, 0.3) is 0 Å². The Bertz CT molecular complexity index is 494. The first kappa shape index (κ1) is 12.6. The average molecular weight is 241 g/mol. The van der Waals surface area contributed by atoms with E-state index in [0.29, 0.717) is 11.8 Å². The van der Waals surface area contributed by atoms with E-state index >= 15 is 0 Å². The summed E-state index contributed by atoms with van der Waals surface area (Å²) in [6, 6.07) is 3.99. The molecule has 1 unspecified atom stereocenters. The summed E-state index contributed by atoms with van der Waals surface area (Å²) in [4.78, 5) is 4.26. The Hall–Kier alpha value is -1.83. The minimum atomic E-state index is 0.349. The molecule has 1 aromatic heterocycles. The van der Waals surface area contributed by atoms with Crippen LogP contribution >= 0.6 is 0 Å². The van der Waals surface area contributed by atoms with Crippen LogP contribution in [0.1, 0.15) is 31.7 Å². The van der Waals surface area contributed by atoms with E-state index in [2.05, 4.69) is 49.2 Å². The molecule has 94 valence electrons. The fourth-order valence-corrected chi connectivity index (χ4v) is 1.99. The quantitative estimate of drug-likeness (QED) is 0.797. The number of hydrogen-bond donors (Lipinski definition) is 0. The van der Waals surface area contributed by atoms with Gasteiger partial charge in [-0.15, -0.1) is 0 Å². The summed E-state index contributed by atoms with van der Waals surface area (Å²) < 4.78 is 5.08. The first-order chi connectivity index (χ1) is 8.70. The largest absolute Gasteiger partial charge is 0.481 e. The predicted octanol–water partition coefficient (Wildman–Crippen LogP) is 4.03. The molecule has 18 heavy (non-hydrogen) atoms. The van der Waals surface area contributed by atoms with Crippen molar-refractivity contribution in [1.82, 2.24) is 4.98 Å². The summed E-state index contributed by atoms with van der Waals surface area (Å²) in [5, 5.41) is 0. The van der Waals surface area contributed by atoms with E-state index in [1.54, 1.807) is 7.11 Å². The van der Waals surface area contributed by atoms with E-state index < -0.39 is 0 Å². The van der Waals surface area contributed by atoms with Crippen LogP contribution in [0.4, 0.5) is 0 Å². The lowest BCUT2D eigenvalue weighted by Crippen LogP contribution is -1.97. The Morgan fingerprint density at radius 3 is 2.78 bits per heavy atom. The van der Waals surface area contributed by atoms with E-state index in [-0.39, 0.29) is 0 Å². The lowest BCUT2D eigenvalue weighted by Gasteiger charge is -2.12. The molecule has 2 rings (SSSR count). The van der Waals surface area contributed by atoms with Gasteiger partial charge in [-0.25, -0.2) is 4.98 Å². The Balaban J connectivity index is 2.22. The molecule has 1 atom stereocenters. The number of hydrogen-bond acceptors (Lipinski definition) is 2. The van der Waals surface area contributed by atoms with Crippen LogP contribution in [0.3, 0.4) is 0 Å². The van der Waals surface area contributed by atoms with Crippen molar-refractivity contribution in [3.63, 3.8) is 0 Å². The van der Waals surface area contributed by atoms with Gasteiger partial charge in [0.25, 0.3) is 0 Å². The molecule has 1 aliphatic rings. The maximum Gasteiger partial charge on any atom is 0.212 e. The molecular weight excluding hydrogens is 222 g/mol. The van der Waals surface area contributed by atoms with Crippen molar-refractivity contribution in [3.05, 3.63) is 59.3 Å². The van der Waals surface area contributed by atoms with Gasteiger partial charge in [-0.2, -0.15) is 0 Å². The van der Waals surface area contributed by atoms with Crippen LogP contribution in [0.15, 0.2) is 53.8 Å². The first-order valence-electron chi connectivity index (χ1n) is 6.24. The monoisotopic (exact) mass is 241 g/mol. The third-order valence-electron chi connectivity index (χ3n) is 3.28. The number of rotatable bonds is 3. The van der Waals surface area contributed by atoms with Crippen molar-refractivity contribution in [1.29, 1.82) is 0 Å². The highest BCUT2D eigenvalue weighted by atomic mass is 16.5. The van der Waals surface area contributed by atoms with Gasteiger partial charge in [0, 0.05) is 18.2 Å². The van der Waals surface area contributed by atoms with E-state index in [4.69, 9.17) is 4.74 Å². The van der Waals surface area contributed by atoms with Gasteiger partial charge in [0.2, 0.25) is 5.88 Å². The molecule has 2 nitrogen and oxygen atoms in total. The van der Waals surface area contributed by atoms with Crippen molar-refractivity contribution in [3.8, 4) is 5.88 Å². The van der Waals surface area contributed by atoms with Crippen molar-refractivity contribution in [2.45, 2.75) is 26.2 Å². The minimum Gasteiger partial charge on any atom is -0.481 e. The average Bonchev–Trinajstić information content (AvgIpc) is 2.63. The second-order valence-electron chi connectivity index (χ2n) is 4.64. The van der Waals surface area contributed by atoms with Crippen LogP contribution in [-0.2, 0) is 0 Å². The summed E-state index contributed by atoms with van der Waals surface area (Å²) in [5.41, 5.74) is 3.92. The zero-order chi connectivity index (χ0) is 13.0. The molecule has 0 spiro atoms. The normalized spacial score (nSPS) is 16.6. The molecule has 2 heteroatoms. The van der Waals surface area contributed by atoms with Crippen molar-refractivity contribution < 1.29 is 4.74 Å². The summed E-state index contributed by atoms with van der Waals surface area (Å²) in [7, 11) is 1.63. The van der Waals surface area contributed by atoms with E-state index in [9.17, 15) is 0 Å². The van der Waals surface area contributed by atoms with E-state index in [1.807, 2.05) is 12.3 Å². The van der Waals surface area contributed by atoms with Gasteiger partial charge in [0.1, 0.15) is 0 Å². The summed E-state index contributed by atoms with van der Waals surface area (Å²) in [6.07, 6.45) is 11.8. The Morgan fingerprint density at radius 1 is 1.28 bits per heavy atom. The Labute approximate surface area is 109 Å². The summed E-state index contributed by atoms with van der Waals surface area (Å²) in [5.74, 6) is 1.01. The van der Waals surface area contributed by atoms with Crippen LogP contribution in [0, 0.1) is 0 Å². The molecular formula is C16H19NO. The highest BCUT2D eigenvalue weighted by Gasteiger charge is 2.10. The van der Waals surface area contributed by atoms with Crippen molar-refractivity contribution >= 4 is 0 Å². The van der Waals surface area contributed by atoms with E-state index in [0.717, 1.165) is 6.42 Å². The fourth-order valence-electron chi connectivity index (χ4n) is 1.99. The van der Waals surface area contributed by atoms with Gasteiger partial charge >= 0.3 is 0 Å². The number of pyridine rings is 1. The molecule has 0 aliphatic heterocycles. The molecule has 0 saturated heterocycles. The smallest absolute Gasteiger partial charge is 0.212 e. The maximum atomic E-state index is 5.08. The second kappa shape index (κ2) is 5.67. The standard InChI is InChI=1S/C16H19NO/c1-12-5-4-6-14(8-7-12)13(2)15-9-10-16(18-3)17-11-15/h4,6-11,13H,5H2,1-3H3. The molecule has 0 amide bonds. The zero-order valence-electron chi connectivity index (χ0n) is 11.2. The molecule has 1 aliphatic carbocycles. The predicted molar refractivity (Wildman–Crippen MR) is 74.8 cm³/mol. The minimum absolute atomic E-state index is 0.349. The van der Waals surface area contributed by atoms with Crippen molar-refractivity contribution in [2.75, 3.05) is 7.11 Å². The molecule has 0 saturated carbocycles. The molecule has 1 heterocycles. The molecule has 0 aromatic carbocycles. The van der Waals surface area contributed by atoms with Gasteiger partial charge < -0.3 is 4.74 Å². The number of ether oxygens (including phenoxy) is 1. The number of allylic oxidation sites excluding steroid dienone is 6. The SMILES string of the molecule is COc1ccc(C(C)C2=CC=C(C)CC=C2)cn1. The van der Waals surface area contributed by atoms with Gasteiger partial charge in [-0.05, 0) is 24.5 Å². The highest BCUT2D eigenvalue weighted by Crippen LogP contribution is 2.27. The highest BCUT2D eigenvalue weighted by molar-refractivity contribution is 5.38. The zero-order valence-corrected chi connectivity index (χ0v) is 11.2. The van der Waals surface area contributed by atoms with Crippen molar-refractivity contribution in [2.24, 2.45) is 0 Å². The third kappa shape index (κ3) is 2.89. The molecule has 0 bridgehead atoms.